The van der Waals surface area contributed by atoms with E-state index in [1.54, 1.807) is 6.08 Å². The van der Waals surface area contributed by atoms with Crippen molar-refractivity contribution >= 4 is 5.78 Å². The summed E-state index contributed by atoms with van der Waals surface area (Å²) in [7, 11) is 0. The van der Waals surface area contributed by atoms with Crippen LogP contribution < -0.4 is 0 Å². The van der Waals surface area contributed by atoms with Crippen molar-refractivity contribution in [3.63, 3.8) is 0 Å². The van der Waals surface area contributed by atoms with Crippen molar-refractivity contribution < 1.29 is 25.2 Å². The molecule has 0 saturated heterocycles. The van der Waals surface area contributed by atoms with E-state index in [0.29, 0.717) is 31.1 Å². The van der Waals surface area contributed by atoms with E-state index in [1.807, 2.05) is 0 Å². The quantitative estimate of drug-likeness (QED) is 0.468. The van der Waals surface area contributed by atoms with Crippen molar-refractivity contribution in [3.8, 4) is 0 Å². The van der Waals surface area contributed by atoms with Crippen LogP contribution in [0.2, 0.25) is 0 Å². The monoisotopic (exact) mass is 460 g/mol. The molecule has 33 heavy (non-hydrogen) atoms. The summed E-state index contributed by atoms with van der Waals surface area (Å²) in [6, 6.07) is 0. The predicted molar refractivity (Wildman–Crippen MR) is 128 cm³/mol. The number of fused-ring (bicyclic) bond motifs is 5. The Hall–Kier alpha value is -1.01. The topological polar surface area (TPSA) is 98.0 Å². The predicted octanol–water partition coefficient (Wildman–Crippen LogP) is 3.79. The van der Waals surface area contributed by atoms with Gasteiger partial charge in [0.2, 0.25) is 0 Å². The van der Waals surface area contributed by atoms with Crippen LogP contribution in [0.4, 0.5) is 0 Å². The van der Waals surface area contributed by atoms with E-state index in [9.17, 15) is 25.2 Å². The lowest BCUT2D eigenvalue weighted by molar-refractivity contribution is -0.151. The van der Waals surface area contributed by atoms with Crippen molar-refractivity contribution in [2.24, 2.45) is 40.4 Å². The van der Waals surface area contributed by atoms with Gasteiger partial charge in [0, 0.05) is 11.3 Å². The van der Waals surface area contributed by atoms with Crippen LogP contribution in [-0.2, 0) is 4.79 Å². The standard InChI is InChI=1S/C28H44O5/c1-15(2)16(3)11-22(29)17(4)18-8-10-28(33)20-12-23(30)21-13-24(31)25(32)14-26(21,5)19(20)7-9-27(18,28)6/h12,15-16,18-19,21-22,24-25,29,31-33H,4,7-11,13-14H2,1-3,5-6H3/t16-,18-,19+,21+,22-,24-,25+,26-,27-,28-/m1/s1. The van der Waals surface area contributed by atoms with E-state index in [-0.39, 0.29) is 30.0 Å². The Morgan fingerprint density at radius 3 is 2.42 bits per heavy atom. The van der Waals surface area contributed by atoms with Crippen LogP contribution in [0.3, 0.4) is 0 Å². The number of carbonyl (C=O) groups excluding carboxylic acids is 1. The molecular formula is C28H44O5. The van der Waals surface area contributed by atoms with Crippen LogP contribution >= 0.6 is 0 Å². The number of aliphatic hydroxyl groups is 4. The van der Waals surface area contributed by atoms with E-state index >= 15 is 0 Å². The van der Waals surface area contributed by atoms with Gasteiger partial charge in [0.25, 0.3) is 0 Å². The van der Waals surface area contributed by atoms with Crippen LogP contribution in [-0.4, -0.2) is 50.1 Å². The van der Waals surface area contributed by atoms with Gasteiger partial charge in [0.05, 0.1) is 23.9 Å². The Labute approximate surface area is 199 Å². The Morgan fingerprint density at radius 1 is 1.12 bits per heavy atom. The largest absolute Gasteiger partial charge is 0.390 e. The molecule has 4 aliphatic carbocycles. The van der Waals surface area contributed by atoms with Gasteiger partial charge in [0.1, 0.15) is 0 Å². The lowest BCUT2D eigenvalue weighted by Crippen LogP contribution is -2.60. The molecule has 5 nitrogen and oxygen atoms in total. The fraction of sp³-hybridized carbons (Fsp3) is 0.821. The van der Waals surface area contributed by atoms with Gasteiger partial charge in [0.15, 0.2) is 5.78 Å². The summed E-state index contributed by atoms with van der Waals surface area (Å²) in [4.78, 5) is 13.2. The van der Waals surface area contributed by atoms with Crippen molar-refractivity contribution in [1.29, 1.82) is 0 Å². The Bertz CT molecular complexity index is 847. The molecule has 4 rings (SSSR count). The molecule has 0 unspecified atom stereocenters. The van der Waals surface area contributed by atoms with Gasteiger partial charge in [-0.15, -0.1) is 0 Å². The summed E-state index contributed by atoms with van der Waals surface area (Å²) >= 11 is 0. The van der Waals surface area contributed by atoms with Gasteiger partial charge in [-0.2, -0.15) is 0 Å². The summed E-state index contributed by atoms with van der Waals surface area (Å²) in [5.41, 5.74) is -0.410. The van der Waals surface area contributed by atoms with E-state index in [1.165, 1.54) is 0 Å². The highest BCUT2D eigenvalue weighted by Gasteiger charge is 2.66. The molecular weight excluding hydrogens is 416 g/mol. The van der Waals surface area contributed by atoms with Gasteiger partial charge < -0.3 is 20.4 Å². The highest BCUT2D eigenvalue weighted by atomic mass is 16.3. The maximum absolute atomic E-state index is 13.2. The summed E-state index contributed by atoms with van der Waals surface area (Å²) in [6.07, 6.45) is 3.64. The molecule has 4 aliphatic rings. The Kier molecular flexibility index (Phi) is 6.30. The Morgan fingerprint density at radius 2 is 1.79 bits per heavy atom. The lowest BCUT2D eigenvalue weighted by Gasteiger charge is -2.60. The SMILES string of the molecule is C=C([C@H](O)C[C@@H](C)C(C)C)[C@H]1CC[C@@]2(O)C3=CC(=O)[C@@H]4C[C@@H](O)[C@@H](O)C[C@]4(C)[C@H]3CC[C@]12C. The average Bonchev–Trinajstić information content (AvgIpc) is 3.01. The molecule has 0 aliphatic heterocycles. The third-order valence-corrected chi connectivity index (χ3v) is 10.7. The molecule has 5 heteroatoms. The normalized spacial score (nSPS) is 46.8. The number of rotatable bonds is 5. The molecule has 0 heterocycles. The molecule has 0 radical (unpaired) electrons. The minimum Gasteiger partial charge on any atom is -0.390 e. The zero-order valence-corrected chi connectivity index (χ0v) is 21.1. The van der Waals surface area contributed by atoms with Crippen molar-refractivity contribution in [2.45, 2.75) is 103 Å². The zero-order chi connectivity index (χ0) is 24.5. The molecule has 3 saturated carbocycles. The molecule has 4 N–H and O–H groups in total. The zero-order valence-electron chi connectivity index (χ0n) is 21.1. The summed E-state index contributed by atoms with van der Waals surface area (Å²) in [6.45, 7) is 15.0. The van der Waals surface area contributed by atoms with Crippen LogP contribution in [0.5, 0.6) is 0 Å². The molecule has 0 aromatic heterocycles. The van der Waals surface area contributed by atoms with E-state index in [0.717, 1.165) is 30.4 Å². The number of aliphatic hydroxyl groups excluding tert-OH is 3. The smallest absolute Gasteiger partial charge is 0.159 e. The summed E-state index contributed by atoms with van der Waals surface area (Å²) in [5, 5.41) is 43.9. The number of hydrogen-bond acceptors (Lipinski definition) is 5. The van der Waals surface area contributed by atoms with Gasteiger partial charge in [-0.1, -0.05) is 41.2 Å². The minimum atomic E-state index is -1.11. The molecule has 0 bridgehead atoms. The lowest BCUT2D eigenvalue weighted by atomic mass is 9.46. The number of carbonyl (C=O) groups is 1. The number of hydrogen-bond donors (Lipinski definition) is 4. The molecule has 0 aromatic carbocycles. The van der Waals surface area contributed by atoms with E-state index < -0.39 is 34.7 Å². The van der Waals surface area contributed by atoms with Crippen LogP contribution in [0.15, 0.2) is 23.8 Å². The van der Waals surface area contributed by atoms with E-state index in [2.05, 4.69) is 41.2 Å². The maximum Gasteiger partial charge on any atom is 0.159 e. The highest BCUT2D eigenvalue weighted by Crippen LogP contribution is 2.68. The van der Waals surface area contributed by atoms with Crippen LogP contribution in [0.25, 0.3) is 0 Å². The second-order valence-electron chi connectivity index (χ2n) is 12.6. The molecule has 3 fully saturated rings. The highest BCUT2D eigenvalue weighted by molar-refractivity contribution is 5.95. The van der Waals surface area contributed by atoms with Gasteiger partial charge in [-0.3, -0.25) is 4.79 Å². The number of allylic oxidation sites excluding steroid dienone is 1. The fourth-order valence-corrected chi connectivity index (χ4v) is 7.97. The number of ketones is 1. The van der Waals surface area contributed by atoms with Gasteiger partial charge in [-0.05, 0) is 91.3 Å². The third kappa shape index (κ3) is 3.61. The van der Waals surface area contributed by atoms with Crippen LogP contribution in [0, 0.1) is 40.4 Å². The molecule has 0 aromatic rings. The van der Waals surface area contributed by atoms with Gasteiger partial charge in [-0.25, -0.2) is 0 Å². The fourth-order valence-electron chi connectivity index (χ4n) is 7.97. The molecule has 186 valence electrons. The third-order valence-electron chi connectivity index (χ3n) is 10.7. The maximum atomic E-state index is 13.2. The van der Waals surface area contributed by atoms with Crippen molar-refractivity contribution in [3.05, 3.63) is 23.8 Å². The first-order valence-electron chi connectivity index (χ1n) is 13.0. The van der Waals surface area contributed by atoms with Crippen molar-refractivity contribution in [1.82, 2.24) is 0 Å². The minimum absolute atomic E-state index is 0.00175. The van der Waals surface area contributed by atoms with Crippen LogP contribution in [0.1, 0.15) is 79.6 Å². The first-order chi connectivity index (χ1) is 15.3. The molecule has 0 amide bonds. The first-order valence-corrected chi connectivity index (χ1v) is 13.0. The first kappa shape index (κ1) is 25.1. The second-order valence-corrected chi connectivity index (χ2v) is 12.6. The van der Waals surface area contributed by atoms with Gasteiger partial charge >= 0.3 is 0 Å². The second kappa shape index (κ2) is 8.29. The molecule has 10 atom stereocenters. The van der Waals surface area contributed by atoms with Crippen molar-refractivity contribution in [2.75, 3.05) is 0 Å². The summed E-state index contributed by atoms with van der Waals surface area (Å²) in [5.74, 6) is 0.528. The summed E-state index contributed by atoms with van der Waals surface area (Å²) < 4.78 is 0. The Balaban J connectivity index is 1.65. The average molecular weight is 461 g/mol. The molecule has 0 spiro atoms. The van der Waals surface area contributed by atoms with E-state index in [4.69, 9.17) is 0 Å².